The normalized spacial score (nSPS) is 23.7. The molecular formula is C25H22Cl2F3N3O4. The van der Waals surface area contributed by atoms with Crippen molar-refractivity contribution in [2.75, 3.05) is 6.54 Å². The Labute approximate surface area is 220 Å². The molecule has 196 valence electrons. The first kappa shape index (κ1) is 25.8. The van der Waals surface area contributed by atoms with E-state index in [9.17, 15) is 22.8 Å². The van der Waals surface area contributed by atoms with E-state index in [2.05, 4.69) is 10.5 Å². The van der Waals surface area contributed by atoms with Crippen molar-refractivity contribution in [1.82, 2.24) is 10.4 Å². The van der Waals surface area contributed by atoms with Crippen molar-refractivity contribution in [3.63, 3.8) is 0 Å². The molecule has 0 spiro atoms. The van der Waals surface area contributed by atoms with Crippen molar-refractivity contribution >= 4 is 40.7 Å². The maximum absolute atomic E-state index is 14.3. The number of carbonyl (C=O) groups is 2. The lowest BCUT2D eigenvalue weighted by molar-refractivity contribution is -0.275. The summed E-state index contributed by atoms with van der Waals surface area (Å²) >= 11 is 12.0. The Hall–Kier alpha value is -2.82. The summed E-state index contributed by atoms with van der Waals surface area (Å²) in [5.41, 5.74) is -1.41. The Balaban J connectivity index is 1.41. The second-order valence-electron chi connectivity index (χ2n) is 9.23. The van der Waals surface area contributed by atoms with Gasteiger partial charge in [0.2, 0.25) is 0 Å². The van der Waals surface area contributed by atoms with Crippen molar-refractivity contribution in [3.05, 3.63) is 68.7 Å². The molecular weight excluding hydrogens is 534 g/mol. The lowest BCUT2D eigenvalue weighted by Gasteiger charge is -2.29. The van der Waals surface area contributed by atoms with Gasteiger partial charge in [-0.3, -0.25) is 9.59 Å². The molecule has 2 aromatic carbocycles. The van der Waals surface area contributed by atoms with E-state index >= 15 is 0 Å². The summed E-state index contributed by atoms with van der Waals surface area (Å²) in [6, 6.07) is 8.45. The number of amides is 2. The lowest BCUT2D eigenvalue weighted by atomic mass is 9.86. The van der Waals surface area contributed by atoms with Crippen molar-refractivity contribution in [1.29, 1.82) is 0 Å². The third-order valence-corrected chi connectivity index (χ3v) is 7.07. The average Bonchev–Trinajstić information content (AvgIpc) is 3.46. The second kappa shape index (κ2) is 9.49. The summed E-state index contributed by atoms with van der Waals surface area (Å²) in [5.74, 6) is -0.549. The standard InChI is InChI=1S/C25H22Cl2F3N3O4/c1-2-33-22(34)11-21(36-33)31-23(35)18-6-5-14(7-19(18)13-3-4-13)20-12-24(37-32-20,25(28,29)30)15-8-16(26)10-17(27)9-15/h5-10,13,21H,2-4,11-12H2,1H3,(H,31,35)/t21-,24?/m1/s1. The topological polar surface area (TPSA) is 80.2 Å². The minimum atomic E-state index is -4.81. The summed E-state index contributed by atoms with van der Waals surface area (Å²) < 4.78 is 43.0. The number of carbonyl (C=O) groups excluding carboxylic acids is 2. The van der Waals surface area contributed by atoms with Gasteiger partial charge in [0.1, 0.15) is 0 Å². The molecule has 1 saturated heterocycles. The summed E-state index contributed by atoms with van der Waals surface area (Å²) in [4.78, 5) is 35.5. The second-order valence-corrected chi connectivity index (χ2v) is 10.1. The number of benzene rings is 2. The summed E-state index contributed by atoms with van der Waals surface area (Å²) in [5, 5.41) is 7.81. The summed E-state index contributed by atoms with van der Waals surface area (Å²) in [6.45, 7) is 2.12. The number of oxime groups is 1. The van der Waals surface area contributed by atoms with Crippen LogP contribution in [0.15, 0.2) is 41.6 Å². The fraction of sp³-hybridized carbons (Fsp3) is 0.400. The van der Waals surface area contributed by atoms with Gasteiger partial charge < -0.3 is 10.2 Å². The Morgan fingerprint density at radius 3 is 2.49 bits per heavy atom. The van der Waals surface area contributed by atoms with E-state index in [1.165, 1.54) is 11.1 Å². The highest BCUT2D eigenvalue weighted by atomic mass is 35.5. The zero-order valence-electron chi connectivity index (χ0n) is 19.6. The molecule has 37 heavy (non-hydrogen) atoms. The molecule has 2 fully saturated rings. The number of alkyl halides is 3. The molecule has 7 nitrogen and oxygen atoms in total. The Bertz CT molecular complexity index is 1280. The first-order valence-corrected chi connectivity index (χ1v) is 12.5. The summed E-state index contributed by atoms with van der Waals surface area (Å²) in [6.07, 6.45) is -4.46. The van der Waals surface area contributed by atoms with E-state index in [-0.39, 0.29) is 39.6 Å². The van der Waals surface area contributed by atoms with Crippen LogP contribution in [0.1, 0.15) is 65.6 Å². The van der Waals surface area contributed by atoms with Gasteiger partial charge in [-0.05, 0) is 67.1 Å². The number of nitrogens with zero attached hydrogens (tertiary/aromatic N) is 2. The number of hydrogen-bond acceptors (Lipinski definition) is 5. The fourth-order valence-electron chi connectivity index (χ4n) is 4.59. The van der Waals surface area contributed by atoms with Crippen LogP contribution in [0.25, 0.3) is 0 Å². The van der Waals surface area contributed by atoms with Gasteiger partial charge in [-0.25, -0.2) is 9.90 Å². The minimum absolute atomic E-state index is 0.0254. The highest BCUT2D eigenvalue weighted by Gasteiger charge is 2.62. The quantitative estimate of drug-likeness (QED) is 0.496. The Morgan fingerprint density at radius 1 is 1.19 bits per heavy atom. The van der Waals surface area contributed by atoms with Crippen LogP contribution in [0.4, 0.5) is 13.2 Å². The van der Waals surface area contributed by atoms with Crippen molar-refractivity contribution in [3.8, 4) is 0 Å². The number of halogens is 5. The zero-order valence-corrected chi connectivity index (χ0v) is 21.1. The zero-order chi connectivity index (χ0) is 26.5. The highest BCUT2D eigenvalue weighted by molar-refractivity contribution is 6.34. The third-order valence-electron chi connectivity index (χ3n) is 6.63. The highest BCUT2D eigenvalue weighted by Crippen LogP contribution is 2.50. The summed E-state index contributed by atoms with van der Waals surface area (Å²) in [7, 11) is 0. The monoisotopic (exact) mass is 555 g/mol. The van der Waals surface area contributed by atoms with Gasteiger partial charge in [-0.1, -0.05) is 34.4 Å². The van der Waals surface area contributed by atoms with E-state index in [0.29, 0.717) is 23.2 Å². The van der Waals surface area contributed by atoms with Crippen molar-refractivity contribution in [2.45, 2.75) is 56.5 Å². The van der Waals surface area contributed by atoms with E-state index in [1.54, 1.807) is 25.1 Å². The molecule has 2 atom stereocenters. The number of rotatable bonds is 6. The Kier molecular flexibility index (Phi) is 6.62. The largest absolute Gasteiger partial charge is 0.435 e. The van der Waals surface area contributed by atoms with Gasteiger partial charge in [-0.2, -0.15) is 13.2 Å². The molecule has 1 saturated carbocycles. The molecule has 0 aromatic heterocycles. The molecule has 3 aliphatic rings. The molecule has 1 N–H and O–H groups in total. The molecule has 1 aliphatic carbocycles. The molecule has 2 aliphatic heterocycles. The van der Waals surface area contributed by atoms with Crippen LogP contribution in [0.5, 0.6) is 0 Å². The van der Waals surface area contributed by atoms with Gasteiger partial charge in [-0.15, -0.1) is 0 Å². The van der Waals surface area contributed by atoms with Crippen LogP contribution in [-0.2, 0) is 20.1 Å². The molecule has 5 rings (SSSR count). The molecule has 2 heterocycles. The van der Waals surface area contributed by atoms with Crippen LogP contribution >= 0.6 is 23.2 Å². The third kappa shape index (κ3) is 4.89. The molecule has 12 heteroatoms. The smallest absolute Gasteiger partial charge is 0.374 e. The van der Waals surface area contributed by atoms with Crippen LogP contribution in [0.2, 0.25) is 10.0 Å². The average molecular weight is 556 g/mol. The predicted octanol–water partition coefficient (Wildman–Crippen LogP) is 5.69. The molecule has 0 radical (unpaired) electrons. The molecule has 2 aromatic rings. The van der Waals surface area contributed by atoms with Crippen LogP contribution in [0.3, 0.4) is 0 Å². The number of hydrogen-bond donors (Lipinski definition) is 1. The predicted molar refractivity (Wildman–Crippen MR) is 129 cm³/mol. The molecule has 2 amide bonds. The van der Waals surface area contributed by atoms with Crippen LogP contribution in [-0.4, -0.2) is 41.5 Å². The van der Waals surface area contributed by atoms with Gasteiger partial charge in [0.15, 0.2) is 6.23 Å². The van der Waals surface area contributed by atoms with Crippen molar-refractivity contribution in [2.24, 2.45) is 5.16 Å². The van der Waals surface area contributed by atoms with Crippen LogP contribution in [0, 0.1) is 0 Å². The molecule has 0 bridgehead atoms. The number of hydroxylamine groups is 2. The van der Waals surface area contributed by atoms with E-state index in [0.717, 1.165) is 25.0 Å². The first-order chi connectivity index (χ1) is 17.5. The maximum Gasteiger partial charge on any atom is 0.435 e. The number of nitrogens with one attached hydrogen (secondary N) is 1. The fourth-order valence-corrected chi connectivity index (χ4v) is 5.11. The van der Waals surface area contributed by atoms with E-state index < -0.39 is 30.3 Å². The lowest BCUT2D eigenvalue weighted by Crippen LogP contribution is -2.42. The van der Waals surface area contributed by atoms with Crippen molar-refractivity contribution < 1.29 is 32.4 Å². The van der Waals surface area contributed by atoms with Gasteiger partial charge in [0.25, 0.3) is 17.4 Å². The van der Waals surface area contributed by atoms with Crippen LogP contribution < -0.4 is 5.32 Å². The van der Waals surface area contributed by atoms with E-state index in [4.69, 9.17) is 32.9 Å². The maximum atomic E-state index is 14.3. The first-order valence-electron chi connectivity index (χ1n) is 11.7. The SMILES string of the molecule is CCN1O[C@@H](NC(=O)c2ccc(C3=NOC(c4cc(Cl)cc(Cl)c4)(C(F)(F)F)C3)cc2C2CC2)CC1=O. The molecule has 1 unspecified atom stereocenters. The van der Waals surface area contributed by atoms with Gasteiger partial charge in [0, 0.05) is 34.1 Å². The Morgan fingerprint density at radius 2 is 1.89 bits per heavy atom. The van der Waals surface area contributed by atoms with Gasteiger partial charge in [0.05, 0.1) is 12.1 Å². The van der Waals surface area contributed by atoms with Gasteiger partial charge >= 0.3 is 6.18 Å². The van der Waals surface area contributed by atoms with E-state index in [1.807, 2.05) is 0 Å². The minimum Gasteiger partial charge on any atom is -0.374 e.